The lowest BCUT2D eigenvalue weighted by Gasteiger charge is -2.16. The largest absolute Gasteiger partial charge is 0.465 e. The maximum absolute atomic E-state index is 11.4. The van der Waals surface area contributed by atoms with E-state index in [9.17, 15) is 9.59 Å². The molecule has 114 valence electrons. The van der Waals surface area contributed by atoms with Gasteiger partial charge in [0.1, 0.15) is 0 Å². The number of hydrogen-bond acceptors (Lipinski definition) is 5. The fraction of sp³-hybridized carbons (Fsp3) is 0.429. The Morgan fingerprint density at radius 1 is 1.29 bits per heavy atom. The third-order valence-electron chi connectivity index (χ3n) is 3.00. The van der Waals surface area contributed by atoms with Gasteiger partial charge >= 0.3 is 12.1 Å². The summed E-state index contributed by atoms with van der Waals surface area (Å²) in [4.78, 5) is 23.1. The Bertz CT molecular complexity index is 478. The average molecular weight is 295 g/mol. The molecule has 0 spiro atoms. The summed E-state index contributed by atoms with van der Waals surface area (Å²) in [6.45, 7) is 0.858. The zero-order valence-electron chi connectivity index (χ0n) is 11.4. The van der Waals surface area contributed by atoms with Crippen molar-refractivity contribution in [1.82, 2.24) is 4.90 Å². The first-order chi connectivity index (χ1) is 10.2. The van der Waals surface area contributed by atoms with E-state index in [0.717, 1.165) is 10.5 Å². The molecule has 1 amide bonds. The van der Waals surface area contributed by atoms with Gasteiger partial charge in [0, 0.05) is 0 Å². The van der Waals surface area contributed by atoms with Crippen LogP contribution >= 0.6 is 0 Å². The van der Waals surface area contributed by atoms with E-state index in [2.05, 4.69) is 4.74 Å². The van der Waals surface area contributed by atoms with Crippen LogP contribution in [0.5, 0.6) is 0 Å². The number of esters is 1. The zero-order chi connectivity index (χ0) is 15.1. The van der Waals surface area contributed by atoms with E-state index >= 15 is 0 Å². The number of ether oxygens (including phenoxy) is 3. The Morgan fingerprint density at radius 2 is 2.00 bits per heavy atom. The molecule has 1 aliphatic rings. The van der Waals surface area contributed by atoms with Crippen LogP contribution in [0.3, 0.4) is 0 Å². The van der Waals surface area contributed by atoms with E-state index in [1.807, 2.05) is 30.3 Å². The minimum absolute atomic E-state index is 0.0279. The number of rotatable bonds is 7. The molecular weight excluding hydrogens is 278 g/mol. The van der Waals surface area contributed by atoms with Gasteiger partial charge in [-0.15, -0.1) is 0 Å². The van der Waals surface area contributed by atoms with Gasteiger partial charge in [-0.1, -0.05) is 30.3 Å². The van der Waals surface area contributed by atoms with Crippen molar-refractivity contribution < 1.29 is 28.9 Å². The monoisotopic (exact) mass is 295 g/mol. The number of hydrogen-bond donors (Lipinski definition) is 1. The average Bonchev–Trinajstić information content (AvgIpc) is 2.85. The van der Waals surface area contributed by atoms with E-state index in [4.69, 9.17) is 14.6 Å². The molecule has 21 heavy (non-hydrogen) atoms. The Kier molecular flexibility index (Phi) is 5.53. The summed E-state index contributed by atoms with van der Waals surface area (Å²) in [5.41, 5.74) is 1.06. The van der Waals surface area contributed by atoms with Crippen molar-refractivity contribution >= 4 is 12.1 Å². The van der Waals surface area contributed by atoms with Gasteiger partial charge in [0.25, 0.3) is 0 Å². The van der Waals surface area contributed by atoms with Crippen LogP contribution in [0.15, 0.2) is 30.3 Å². The molecule has 1 fully saturated rings. The van der Waals surface area contributed by atoms with E-state index in [1.54, 1.807) is 0 Å². The molecule has 1 aromatic rings. The SMILES string of the molecule is O=C1OCN(C(=O)O)C1COCCOCc1ccccc1. The fourth-order valence-corrected chi connectivity index (χ4v) is 1.87. The molecule has 1 saturated heterocycles. The number of amides is 1. The summed E-state index contributed by atoms with van der Waals surface area (Å²) in [6.07, 6.45) is -1.20. The summed E-state index contributed by atoms with van der Waals surface area (Å²) in [7, 11) is 0. The number of carbonyl (C=O) groups is 2. The van der Waals surface area contributed by atoms with Crippen molar-refractivity contribution in [2.75, 3.05) is 26.6 Å². The molecule has 1 N–H and O–H groups in total. The van der Waals surface area contributed by atoms with E-state index < -0.39 is 18.1 Å². The Hall–Kier alpha value is -2.12. The predicted octanol–water partition coefficient (Wildman–Crippen LogP) is 1.08. The van der Waals surface area contributed by atoms with Crippen LogP contribution in [0.25, 0.3) is 0 Å². The first-order valence-corrected chi connectivity index (χ1v) is 6.54. The highest BCUT2D eigenvalue weighted by Crippen LogP contribution is 2.11. The maximum Gasteiger partial charge on any atom is 0.410 e. The van der Waals surface area contributed by atoms with Crippen LogP contribution in [0, 0.1) is 0 Å². The summed E-state index contributed by atoms with van der Waals surface area (Å²) in [6, 6.07) is 8.82. The summed E-state index contributed by atoms with van der Waals surface area (Å²) in [5.74, 6) is -0.581. The quantitative estimate of drug-likeness (QED) is 0.598. The highest BCUT2D eigenvalue weighted by molar-refractivity contribution is 5.83. The third-order valence-corrected chi connectivity index (χ3v) is 3.00. The predicted molar refractivity (Wildman–Crippen MR) is 71.5 cm³/mol. The Labute approximate surface area is 122 Å². The number of cyclic esters (lactones) is 1. The van der Waals surface area contributed by atoms with Gasteiger partial charge in [-0.25, -0.2) is 9.59 Å². The van der Waals surface area contributed by atoms with Crippen LogP contribution < -0.4 is 0 Å². The molecule has 1 aliphatic heterocycles. The minimum atomic E-state index is -1.20. The van der Waals surface area contributed by atoms with Crippen LogP contribution in [0.1, 0.15) is 5.56 Å². The number of nitrogens with zero attached hydrogens (tertiary/aromatic N) is 1. The van der Waals surface area contributed by atoms with Crippen molar-refractivity contribution in [2.45, 2.75) is 12.6 Å². The normalized spacial score (nSPS) is 17.8. The van der Waals surface area contributed by atoms with Crippen LogP contribution in [-0.4, -0.2) is 54.7 Å². The summed E-state index contributed by atoms with van der Waals surface area (Å²) >= 11 is 0. The van der Waals surface area contributed by atoms with Gasteiger partial charge < -0.3 is 19.3 Å². The highest BCUT2D eigenvalue weighted by Gasteiger charge is 2.37. The second-order valence-corrected chi connectivity index (χ2v) is 4.47. The summed E-state index contributed by atoms with van der Waals surface area (Å²) in [5, 5.41) is 8.88. The van der Waals surface area contributed by atoms with E-state index in [1.165, 1.54) is 0 Å². The second kappa shape index (κ2) is 7.61. The fourth-order valence-electron chi connectivity index (χ4n) is 1.87. The Morgan fingerprint density at radius 3 is 2.71 bits per heavy atom. The first kappa shape index (κ1) is 15.3. The molecular formula is C14H17NO6. The standard InChI is InChI=1S/C14H17NO6/c16-13-12(15(10-21-13)14(17)18)9-20-7-6-19-8-11-4-2-1-3-5-11/h1-5,12H,6-10H2,(H,17,18). The van der Waals surface area contributed by atoms with Gasteiger partial charge in [-0.3, -0.25) is 4.90 Å². The number of carbonyl (C=O) groups excluding carboxylic acids is 1. The van der Waals surface area contributed by atoms with Gasteiger partial charge in [0.15, 0.2) is 12.8 Å². The molecule has 1 unspecified atom stereocenters. The van der Waals surface area contributed by atoms with Crippen molar-refractivity contribution in [3.8, 4) is 0 Å². The van der Waals surface area contributed by atoms with Crippen molar-refractivity contribution in [2.24, 2.45) is 0 Å². The summed E-state index contributed by atoms with van der Waals surface area (Å²) < 4.78 is 15.4. The first-order valence-electron chi connectivity index (χ1n) is 6.54. The van der Waals surface area contributed by atoms with E-state index in [-0.39, 0.29) is 19.9 Å². The lowest BCUT2D eigenvalue weighted by Crippen LogP contribution is -2.40. The topological polar surface area (TPSA) is 85.3 Å². The lowest BCUT2D eigenvalue weighted by atomic mass is 10.2. The second-order valence-electron chi connectivity index (χ2n) is 4.47. The molecule has 1 aromatic carbocycles. The van der Waals surface area contributed by atoms with Crippen molar-refractivity contribution in [3.05, 3.63) is 35.9 Å². The van der Waals surface area contributed by atoms with Crippen molar-refractivity contribution in [3.63, 3.8) is 0 Å². The molecule has 7 heteroatoms. The van der Waals surface area contributed by atoms with Crippen LogP contribution in [0.4, 0.5) is 4.79 Å². The number of benzene rings is 1. The van der Waals surface area contributed by atoms with E-state index in [0.29, 0.717) is 13.2 Å². The molecule has 7 nitrogen and oxygen atoms in total. The minimum Gasteiger partial charge on any atom is -0.465 e. The molecule has 0 bridgehead atoms. The number of carboxylic acid groups (broad SMARTS) is 1. The molecule has 0 saturated carbocycles. The molecule has 0 aromatic heterocycles. The zero-order valence-corrected chi connectivity index (χ0v) is 11.4. The molecule has 0 radical (unpaired) electrons. The van der Waals surface area contributed by atoms with Crippen LogP contribution in [-0.2, 0) is 25.6 Å². The Balaban J connectivity index is 1.61. The van der Waals surface area contributed by atoms with Gasteiger partial charge in [-0.2, -0.15) is 0 Å². The maximum atomic E-state index is 11.4. The molecule has 1 atom stereocenters. The van der Waals surface area contributed by atoms with Gasteiger partial charge in [0.05, 0.1) is 26.4 Å². The lowest BCUT2D eigenvalue weighted by molar-refractivity contribution is -0.140. The molecule has 0 aliphatic carbocycles. The van der Waals surface area contributed by atoms with Crippen molar-refractivity contribution in [1.29, 1.82) is 0 Å². The smallest absolute Gasteiger partial charge is 0.410 e. The molecule has 2 rings (SSSR count). The third kappa shape index (κ3) is 4.44. The van der Waals surface area contributed by atoms with Gasteiger partial charge in [0.2, 0.25) is 0 Å². The van der Waals surface area contributed by atoms with Gasteiger partial charge in [-0.05, 0) is 5.56 Å². The molecule has 1 heterocycles. The van der Waals surface area contributed by atoms with Crippen LogP contribution in [0.2, 0.25) is 0 Å². The highest BCUT2D eigenvalue weighted by atomic mass is 16.6.